The standard InChI is InChI=1S/C23H31N3O2/c1-2-26(23(27)22-13-18-16-28-12-11-21(18)25-22)20-10-6-9-19(14-20)24-15-17-7-4-3-5-8-17/h3-5,7-8,13,19-20,24-25H,2,6,9-12,14-16H2,1H3/t19?,20-/m0/s1. The molecule has 28 heavy (non-hydrogen) atoms. The van der Waals surface area contributed by atoms with Crippen LogP contribution in [0.2, 0.25) is 0 Å². The molecule has 5 heteroatoms. The van der Waals surface area contributed by atoms with Crippen LogP contribution in [0.5, 0.6) is 0 Å². The monoisotopic (exact) mass is 381 g/mol. The van der Waals surface area contributed by atoms with Gasteiger partial charge in [-0.25, -0.2) is 0 Å². The summed E-state index contributed by atoms with van der Waals surface area (Å²) in [5.41, 5.74) is 4.33. The zero-order valence-corrected chi connectivity index (χ0v) is 16.7. The summed E-state index contributed by atoms with van der Waals surface area (Å²) in [5.74, 6) is 0.130. The number of H-pyrrole nitrogens is 1. The van der Waals surface area contributed by atoms with Gasteiger partial charge in [0.05, 0.1) is 13.2 Å². The Morgan fingerprint density at radius 2 is 2.14 bits per heavy atom. The number of benzene rings is 1. The molecule has 0 radical (unpaired) electrons. The zero-order valence-electron chi connectivity index (χ0n) is 16.7. The van der Waals surface area contributed by atoms with E-state index in [2.05, 4.69) is 52.5 Å². The third kappa shape index (κ3) is 4.31. The van der Waals surface area contributed by atoms with Gasteiger partial charge in [0.2, 0.25) is 0 Å². The van der Waals surface area contributed by atoms with Crippen LogP contribution >= 0.6 is 0 Å². The molecule has 1 aliphatic carbocycles. The topological polar surface area (TPSA) is 57.4 Å². The molecule has 0 spiro atoms. The van der Waals surface area contributed by atoms with E-state index < -0.39 is 0 Å². The summed E-state index contributed by atoms with van der Waals surface area (Å²) in [6, 6.07) is 13.3. The van der Waals surface area contributed by atoms with Crippen molar-refractivity contribution in [3.8, 4) is 0 Å². The van der Waals surface area contributed by atoms with Crippen molar-refractivity contribution in [3.63, 3.8) is 0 Å². The van der Waals surface area contributed by atoms with E-state index in [4.69, 9.17) is 4.74 Å². The third-order valence-corrected chi connectivity index (χ3v) is 6.10. The molecule has 1 saturated carbocycles. The number of hydrogen-bond acceptors (Lipinski definition) is 3. The van der Waals surface area contributed by atoms with Crippen LogP contribution in [-0.4, -0.2) is 41.0 Å². The van der Waals surface area contributed by atoms with Crippen LogP contribution in [0.15, 0.2) is 36.4 Å². The molecule has 0 bridgehead atoms. The number of amides is 1. The number of fused-ring (bicyclic) bond motifs is 1. The van der Waals surface area contributed by atoms with Gasteiger partial charge < -0.3 is 19.9 Å². The van der Waals surface area contributed by atoms with Crippen LogP contribution in [0.3, 0.4) is 0 Å². The van der Waals surface area contributed by atoms with Crippen LogP contribution < -0.4 is 5.32 Å². The van der Waals surface area contributed by atoms with Gasteiger partial charge in [-0.2, -0.15) is 0 Å². The highest BCUT2D eigenvalue weighted by Gasteiger charge is 2.30. The summed E-state index contributed by atoms with van der Waals surface area (Å²) in [7, 11) is 0. The molecule has 2 aromatic rings. The number of hydrogen-bond donors (Lipinski definition) is 2. The van der Waals surface area contributed by atoms with Crippen molar-refractivity contribution in [2.75, 3.05) is 13.2 Å². The highest BCUT2D eigenvalue weighted by molar-refractivity contribution is 5.93. The molecule has 1 aromatic carbocycles. The molecule has 150 valence electrons. The molecule has 5 nitrogen and oxygen atoms in total. The number of carbonyl (C=O) groups excluding carboxylic acids is 1. The largest absolute Gasteiger partial charge is 0.376 e. The second-order valence-electron chi connectivity index (χ2n) is 7.96. The Hall–Kier alpha value is -2.11. The smallest absolute Gasteiger partial charge is 0.270 e. The van der Waals surface area contributed by atoms with Crippen molar-refractivity contribution in [2.24, 2.45) is 0 Å². The lowest BCUT2D eigenvalue weighted by Gasteiger charge is -2.37. The molecular weight excluding hydrogens is 350 g/mol. The van der Waals surface area contributed by atoms with Gasteiger partial charge in [0, 0.05) is 37.3 Å². The lowest BCUT2D eigenvalue weighted by molar-refractivity contribution is 0.0622. The van der Waals surface area contributed by atoms with Gasteiger partial charge in [0.25, 0.3) is 5.91 Å². The number of ether oxygens (including phenoxy) is 1. The summed E-state index contributed by atoms with van der Waals surface area (Å²) in [6.45, 7) is 5.07. The fourth-order valence-electron chi connectivity index (χ4n) is 4.58. The van der Waals surface area contributed by atoms with E-state index in [1.807, 2.05) is 6.07 Å². The minimum atomic E-state index is 0.130. The van der Waals surface area contributed by atoms with Gasteiger partial charge in [-0.3, -0.25) is 4.79 Å². The first-order valence-corrected chi connectivity index (χ1v) is 10.6. The minimum absolute atomic E-state index is 0.130. The Labute approximate surface area is 167 Å². The van der Waals surface area contributed by atoms with Crippen molar-refractivity contribution in [1.29, 1.82) is 0 Å². The predicted octanol–water partition coefficient (Wildman–Crippen LogP) is 3.65. The molecule has 2 atom stereocenters. The first kappa shape index (κ1) is 19.2. The number of aromatic amines is 1. The van der Waals surface area contributed by atoms with E-state index in [1.165, 1.54) is 12.0 Å². The number of aromatic nitrogens is 1. The molecule has 2 N–H and O–H groups in total. The van der Waals surface area contributed by atoms with Gasteiger partial charge in [-0.15, -0.1) is 0 Å². The van der Waals surface area contributed by atoms with Gasteiger partial charge in [0.15, 0.2) is 0 Å². The molecule has 0 saturated heterocycles. The lowest BCUT2D eigenvalue weighted by Crippen LogP contribution is -2.46. The van der Waals surface area contributed by atoms with Crippen LogP contribution in [0.25, 0.3) is 0 Å². The second-order valence-corrected chi connectivity index (χ2v) is 7.96. The maximum absolute atomic E-state index is 13.2. The number of carbonyl (C=O) groups is 1. The summed E-state index contributed by atoms with van der Waals surface area (Å²) in [5, 5.41) is 3.70. The molecule has 1 amide bonds. The van der Waals surface area contributed by atoms with Gasteiger partial charge >= 0.3 is 0 Å². The van der Waals surface area contributed by atoms with Crippen LogP contribution in [0.1, 0.15) is 59.9 Å². The van der Waals surface area contributed by atoms with Gasteiger partial charge in [-0.1, -0.05) is 30.3 Å². The van der Waals surface area contributed by atoms with E-state index in [-0.39, 0.29) is 5.91 Å². The van der Waals surface area contributed by atoms with E-state index >= 15 is 0 Å². The van der Waals surface area contributed by atoms with Crippen molar-refractivity contribution in [2.45, 2.75) is 64.3 Å². The van der Waals surface area contributed by atoms with Crippen molar-refractivity contribution in [3.05, 3.63) is 58.9 Å². The molecule has 2 aliphatic rings. The maximum atomic E-state index is 13.2. The molecule has 1 aliphatic heterocycles. The first-order valence-electron chi connectivity index (χ1n) is 10.6. The fraction of sp³-hybridized carbons (Fsp3) is 0.522. The minimum Gasteiger partial charge on any atom is -0.376 e. The SMILES string of the molecule is CCN(C(=O)c1cc2c([nH]1)CCOC2)[C@H]1CCCC(NCc2ccccc2)C1. The fourth-order valence-corrected chi connectivity index (χ4v) is 4.58. The van der Waals surface area contributed by atoms with Gasteiger partial charge in [0.1, 0.15) is 5.69 Å². The van der Waals surface area contributed by atoms with Crippen molar-refractivity contribution >= 4 is 5.91 Å². The Bertz CT molecular complexity index is 763. The number of nitrogens with zero attached hydrogens (tertiary/aromatic N) is 1. The van der Waals surface area contributed by atoms with Crippen LogP contribution in [0.4, 0.5) is 0 Å². The molecule has 1 aromatic heterocycles. The molecule has 2 heterocycles. The third-order valence-electron chi connectivity index (χ3n) is 6.10. The zero-order chi connectivity index (χ0) is 19.3. The van der Waals surface area contributed by atoms with Crippen LogP contribution in [-0.2, 0) is 24.3 Å². The van der Waals surface area contributed by atoms with E-state index in [0.717, 1.165) is 62.3 Å². The first-order chi connectivity index (χ1) is 13.7. The predicted molar refractivity (Wildman–Crippen MR) is 110 cm³/mol. The Morgan fingerprint density at radius 1 is 1.29 bits per heavy atom. The molecule has 4 rings (SSSR count). The van der Waals surface area contributed by atoms with E-state index in [1.54, 1.807) is 0 Å². The number of nitrogens with one attached hydrogen (secondary N) is 2. The molecule has 1 fully saturated rings. The summed E-state index contributed by atoms with van der Waals surface area (Å²) in [6.07, 6.45) is 5.32. The maximum Gasteiger partial charge on any atom is 0.270 e. The lowest BCUT2D eigenvalue weighted by atomic mass is 9.89. The highest BCUT2D eigenvalue weighted by atomic mass is 16.5. The Morgan fingerprint density at radius 3 is 2.93 bits per heavy atom. The Kier molecular flexibility index (Phi) is 6.13. The average molecular weight is 382 g/mol. The van der Waals surface area contributed by atoms with Crippen molar-refractivity contribution in [1.82, 2.24) is 15.2 Å². The normalized spacial score (nSPS) is 21.9. The van der Waals surface area contributed by atoms with Crippen molar-refractivity contribution < 1.29 is 9.53 Å². The average Bonchev–Trinajstić information content (AvgIpc) is 3.18. The Balaban J connectivity index is 1.39. The summed E-state index contributed by atoms with van der Waals surface area (Å²) in [4.78, 5) is 18.6. The van der Waals surface area contributed by atoms with E-state index in [0.29, 0.717) is 18.7 Å². The van der Waals surface area contributed by atoms with E-state index in [9.17, 15) is 4.79 Å². The van der Waals surface area contributed by atoms with Crippen LogP contribution in [0, 0.1) is 0 Å². The summed E-state index contributed by atoms with van der Waals surface area (Å²) < 4.78 is 5.52. The van der Waals surface area contributed by atoms with Gasteiger partial charge in [-0.05, 0) is 49.8 Å². The number of rotatable bonds is 6. The highest BCUT2D eigenvalue weighted by Crippen LogP contribution is 2.26. The molecule has 1 unspecified atom stereocenters. The quantitative estimate of drug-likeness (QED) is 0.803. The second kappa shape index (κ2) is 8.93. The summed E-state index contributed by atoms with van der Waals surface area (Å²) >= 11 is 0. The molecular formula is C23H31N3O2.